The Kier molecular flexibility index (Phi) is 5.53. The maximum atomic E-state index is 8.96. The Balaban J connectivity index is 2.56. The summed E-state index contributed by atoms with van der Waals surface area (Å²) in [7, 11) is 3.25. The number of para-hydroxylation sites is 1. The fourth-order valence-electron chi connectivity index (χ4n) is 1.12. The quantitative estimate of drug-likeness (QED) is 0.753. The van der Waals surface area contributed by atoms with Crippen LogP contribution in [-0.2, 0) is 4.74 Å². The number of hydrogen-bond acceptors (Lipinski definition) is 4. The second-order valence-electron chi connectivity index (χ2n) is 3.00. The summed E-state index contributed by atoms with van der Waals surface area (Å²) in [5.41, 5.74) is 0. The van der Waals surface area contributed by atoms with Gasteiger partial charge in [0.25, 0.3) is 0 Å². The highest BCUT2D eigenvalue weighted by Gasteiger charge is 2.08. The maximum Gasteiger partial charge on any atom is 0.132 e. The van der Waals surface area contributed by atoms with Gasteiger partial charge in [-0.3, -0.25) is 0 Å². The lowest BCUT2D eigenvalue weighted by Gasteiger charge is -2.12. The first-order valence-corrected chi connectivity index (χ1v) is 5.69. The average molecular weight is 228 g/mol. The zero-order valence-electron chi connectivity index (χ0n) is 8.97. The van der Waals surface area contributed by atoms with E-state index in [0.717, 1.165) is 10.6 Å². The van der Waals surface area contributed by atoms with Gasteiger partial charge in [0.15, 0.2) is 0 Å². The number of rotatable bonds is 6. The van der Waals surface area contributed by atoms with Gasteiger partial charge in [-0.2, -0.15) is 0 Å². The molecule has 1 aromatic rings. The smallest absolute Gasteiger partial charge is 0.132 e. The second kappa shape index (κ2) is 6.71. The first-order chi connectivity index (χ1) is 7.31. The molecule has 1 N–H and O–H groups in total. The van der Waals surface area contributed by atoms with E-state index in [0.29, 0.717) is 5.75 Å². The second-order valence-corrected chi connectivity index (χ2v) is 4.06. The first kappa shape index (κ1) is 12.4. The normalized spacial score (nSPS) is 12.5. The number of benzene rings is 1. The van der Waals surface area contributed by atoms with Crippen molar-refractivity contribution in [3.05, 3.63) is 24.3 Å². The molecular formula is C11H16O3S. The topological polar surface area (TPSA) is 38.7 Å². The molecule has 0 aromatic heterocycles. The number of aliphatic hydroxyl groups is 1. The minimum absolute atomic E-state index is 0.0403. The summed E-state index contributed by atoms with van der Waals surface area (Å²) in [6.45, 7) is 0.0403. The molecule has 1 aromatic carbocycles. The van der Waals surface area contributed by atoms with Crippen molar-refractivity contribution in [2.24, 2.45) is 0 Å². The first-order valence-electron chi connectivity index (χ1n) is 4.71. The summed E-state index contributed by atoms with van der Waals surface area (Å²) in [4.78, 5) is 1.07. The number of thioether (sulfide) groups is 1. The maximum absolute atomic E-state index is 8.96. The standard InChI is InChI=1S/C11H16O3S/c1-13-9(7-12)8-15-11-6-4-3-5-10(11)14-2/h3-6,9,12H,7-8H2,1-2H3. The van der Waals surface area contributed by atoms with Crippen molar-refractivity contribution in [1.82, 2.24) is 0 Å². The predicted octanol–water partition coefficient (Wildman–Crippen LogP) is 1.79. The number of hydrogen-bond donors (Lipinski definition) is 1. The van der Waals surface area contributed by atoms with Crippen molar-refractivity contribution in [3.8, 4) is 5.75 Å². The molecule has 0 saturated heterocycles. The lowest BCUT2D eigenvalue weighted by Crippen LogP contribution is -2.18. The van der Waals surface area contributed by atoms with Crippen LogP contribution in [0.25, 0.3) is 0 Å². The van der Waals surface area contributed by atoms with Crippen LogP contribution in [0, 0.1) is 0 Å². The molecule has 4 heteroatoms. The minimum Gasteiger partial charge on any atom is -0.496 e. The van der Waals surface area contributed by atoms with E-state index in [9.17, 15) is 0 Å². The largest absolute Gasteiger partial charge is 0.496 e. The highest BCUT2D eigenvalue weighted by atomic mass is 32.2. The van der Waals surface area contributed by atoms with Crippen LogP contribution in [0.4, 0.5) is 0 Å². The molecule has 3 nitrogen and oxygen atoms in total. The fraction of sp³-hybridized carbons (Fsp3) is 0.455. The predicted molar refractivity (Wildman–Crippen MR) is 61.6 cm³/mol. The van der Waals surface area contributed by atoms with Crippen molar-refractivity contribution in [2.45, 2.75) is 11.0 Å². The zero-order valence-corrected chi connectivity index (χ0v) is 9.79. The van der Waals surface area contributed by atoms with Gasteiger partial charge in [-0.15, -0.1) is 11.8 Å². The van der Waals surface area contributed by atoms with E-state index in [1.165, 1.54) is 0 Å². The summed E-state index contributed by atoms with van der Waals surface area (Å²) in [5.74, 6) is 1.57. The molecule has 0 heterocycles. The summed E-state index contributed by atoms with van der Waals surface area (Å²) < 4.78 is 10.3. The monoisotopic (exact) mass is 228 g/mol. The Bertz CT molecular complexity index is 287. The molecule has 0 spiro atoms. The molecule has 0 bridgehead atoms. The van der Waals surface area contributed by atoms with Crippen molar-refractivity contribution in [3.63, 3.8) is 0 Å². The van der Waals surface area contributed by atoms with Crippen molar-refractivity contribution in [1.29, 1.82) is 0 Å². The van der Waals surface area contributed by atoms with Gasteiger partial charge in [0.05, 0.1) is 19.8 Å². The van der Waals surface area contributed by atoms with Gasteiger partial charge in [0, 0.05) is 17.8 Å². The zero-order chi connectivity index (χ0) is 11.1. The Morgan fingerprint density at radius 1 is 1.33 bits per heavy atom. The van der Waals surface area contributed by atoms with E-state index in [4.69, 9.17) is 14.6 Å². The molecule has 84 valence electrons. The number of ether oxygens (including phenoxy) is 2. The molecule has 15 heavy (non-hydrogen) atoms. The molecule has 0 aliphatic carbocycles. The molecule has 0 fully saturated rings. The molecule has 0 saturated carbocycles. The molecule has 0 aliphatic heterocycles. The van der Waals surface area contributed by atoms with Gasteiger partial charge in [-0.1, -0.05) is 12.1 Å². The SMILES string of the molecule is COc1ccccc1SCC(CO)OC. The van der Waals surface area contributed by atoms with Gasteiger partial charge in [-0.05, 0) is 12.1 Å². The summed E-state index contributed by atoms with van der Waals surface area (Å²) in [6.07, 6.45) is -0.125. The van der Waals surface area contributed by atoms with E-state index < -0.39 is 0 Å². The molecule has 0 amide bonds. The van der Waals surface area contributed by atoms with Crippen LogP contribution in [0.2, 0.25) is 0 Å². The van der Waals surface area contributed by atoms with Gasteiger partial charge in [0.1, 0.15) is 5.75 Å². The molecule has 1 unspecified atom stereocenters. The Morgan fingerprint density at radius 3 is 2.67 bits per heavy atom. The van der Waals surface area contributed by atoms with E-state index in [-0.39, 0.29) is 12.7 Å². The van der Waals surface area contributed by atoms with Crippen LogP contribution >= 0.6 is 11.8 Å². The summed E-state index contributed by atoms with van der Waals surface area (Å²) in [5, 5.41) is 8.96. The van der Waals surface area contributed by atoms with Crippen LogP contribution in [0.1, 0.15) is 0 Å². The molecule has 1 atom stereocenters. The minimum atomic E-state index is -0.125. The van der Waals surface area contributed by atoms with Crippen molar-refractivity contribution >= 4 is 11.8 Å². The number of methoxy groups -OCH3 is 2. The number of aliphatic hydroxyl groups excluding tert-OH is 1. The van der Waals surface area contributed by atoms with E-state index in [1.54, 1.807) is 26.0 Å². The van der Waals surface area contributed by atoms with Crippen LogP contribution < -0.4 is 4.74 Å². The van der Waals surface area contributed by atoms with Crippen molar-refractivity contribution < 1.29 is 14.6 Å². The van der Waals surface area contributed by atoms with Crippen LogP contribution in [0.15, 0.2) is 29.2 Å². The van der Waals surface area contributed by atoms with Gasteiger partial charge in [-0.25, -0.2) is 0 Å². The van der Waals surface area contributed by atoms with Gasteiger partial charge >= 0.3 is 0 Å². The summed E-state index contributed by atoms with van der Waals surface area (Å²) >= 11 is 1.62. The highest BCUT2D eigenvalue weighted by molar-refractivity contribution is 7.99. The third kappa shape index (κ3) is 3.74. The molecule has 0 aliphatic rings. The van der Waals surface area contributed by atoms with E-state index in [2.05, 4.69) is 0 Å². The van der Waals surface area contributed by atoms with Crippen LogP contribution in [-0.4, -0.2) is 37.8 Å². The summed E-state index contributed by atoms with van der Waals surface area (Å²) in [6, 6.07) is 7.81. The van der Waals surface area contributed by atoms with Crippen LogP contribution in [0.3, 0.4) is 0 Å². The Hall–Kier alpha value is -0.710. The molecule has 0 radical (unpaired) electrons. The van der Waals surface area contributed by atoms with Crippen molar-refractivity contribution in [2.75, 3.05) is 26.6 Å². The lowest BCUT2D eigenvalue weighted by atomic mass is 10.3. The van der Waals surface area contributed by atoms with E-state index in [1.807, 2.05) is 24.3 Å². The van der Waals surface area contributed by atoms with Gasteiger partial charge in [0.2, 0.25) is 0 Å². The Labute approximate surface area is 94.4 Å². The molecular weight excluding hydrogens is 212 g/mol. The third-order valence-corrected chi connectivity index (χ3v) is 3.22. The fourth-order valence-corrected chi connectivity index (χ4v) is 2.19. The third-order valence-electron chi connectivity index (χ3n) is 2.03. The Morgan fingerprint density at radius 2 is 2.07 bits per heavy atom. The van der Waals surface area contributed by atoms with Gasteiger partial charge < -0.3 is 14.6 Å². The molecule has 1 rings (SSSR count). The lowest BCUT2D eigenvalue weighted by molar-refractivity contribution is 0.0656. The van der Waals surface area contributed by atoms with E-state index >= 15 is 0 Å². The highest BCUT2D eigenvalue weighted by Crippen LogP contribution is 2.29. The average Bonchev–Trinajstić information content (AvgIpc) is 2.31. The van der Waals surface area contributed by atoms with Crippen LogP contribution in [0.5, 0.6) is 5.75 Å².